The molecule has 3 N–H and O–H groups in total. The second kappa shape index (κ2) is 4.79. The van der Waals surface area contributed by atoms with Gasteiger partial charge in [-0.3, -0.25) is 4.79 Å². The van der Waals surface area contributed by atoms with Crippen molar-refractivity contribution >= 4 is 17.3 Å². The first-order chi connectivity index (χ1) is 8.47. The van der Waals surface area contributed by atoms with Crippen LogP contribution in [0.25, 0.3) is 10.6 Å². The summed E-state index contributed by atoms with van der Waals surface area (Å²) in [7, 11) is 0. The molecule has 0 aliphatic heterocycles. The van der Waals surface area contributed by atoms with Gasteiger partial charge in [0.2, 0.25) is 0 Å². The second-order valence-corrected chi connectivity index (χ2v) is 4.41. The van der Waals surface area contributed by atoms with Gasteiger partial charge in [0.25, 0.3) is 0 Å². The standard InChI is InChI=1S/C11H8F2N2O2S/c12-6-1-5(2-7(13)3-6)10-15-8(4-18-10)9(14)11(16)17/h1-4,9H,14H2,(H,16,17). The number of thiazole rings is 1. The van der Waals surface area contributed by atoms with Gasteiger partial charge in [-0.05, 0) is 12.1 Å². The van der Waals surface area contributed by atoms with Gasteiger partial charge in [0.05, 0.1) is 5.69 Å². The number of rotatable bonds is 3. The predicted molar refractivity (Wildman–Crippen MR) is 62.0 cm³/mol. The van der Waals surface area contributed by atoms with E-state index in [1.54, 1.807) is 0 Å². The van der Waals surface area contributed by atoms with Crippen LogP contribution in [0.5, 0.6) is 0 Å². The maximum Gasteiger partial charge on any atom is 0.326 e. The number of hydrogen-bond donors (Lipinski definition) is 2. The normalized spacial score (nSPS) is 12.4. The van der Waals surface area contributed by atoms with Crippen LogP contribution in [0.1, 0.15) is 11.7 Å². The zero-order valence-electron chi connectivity index (χ0n) is 8.93. The highest BCUT2D eigenvalue weighted by atomic mass is 32.1. The van der Waals surface area contributed by atoms with Crippen molar-refractivity contribution in [3.8, 4) is 10.6 Å². The summed E-state index contributed by atoms with van der Waals surface area (Å²) >= 11 is 1.08. The zero-order chi connectivity index (χ0) is 13.3. The van der Waals surface area contributed by atoms with Crippen molar-refractivity contribution in [2.45, 2.75) is 6.04 Å². The van der Waals surface area contributed by atoms with E-state index in [2.05, 4.69) is 4.98 Å². The van der Waals surface area contributed by atoms with Gasteiger partial charge in [0, 0.05) is 17.0 Å². The Hall–Kier alpha value is -1.86. The van der Waals surface area contributed by atoms with E-state index in [1.807, 2.05) is 0 Å². The highest BCUT2D eigenvalue weighted by Gasteiger charge is 2.18. The molecule has 0 spiro atoms. The third-order valence-corrected chi connectivity index (χ3v) is 3.13. The summed E-state index contributed by atoms with van der Waals surface area (Å²) in [4.78, 5) is 14.6. The lowest BCUT2D eigenvalue weighted by Gasteiger charge is -2.01. The average molecular weight is 270 g/mol. The van der Waals surface area contributed by atoms with Gasteiger partial charge >= 0.3 is 5.97 Å². The van der Waals surface area contributed by atoms with E-state index in [9.17, 15) is 13.6 Å². The van der Waals surface area contributed by atoms with E-state index in [-0.39, 0.29) is 11.3 Å². The first kappa shape index (κ1) is 12.6. The van der Waals surface area contributed by atoms with E-state index < -0.39 is 23.6 Å². The predicted octanol–water partition coefficient (Wildman–Crippen LogP) is 2.17. The van der Waals surface area contributed by atoms with Crippen LogP contribution in [-0.4, -0.2) is 16.1 Å². The van der Waals surface area contributed by atoms with Crippen LogP contribution in [0.15, 0.2) is 23.6 Å². The third-order valence-electron chi connectivity index (χ3n) is 2.22. The Morgan fingerprint density at radius 3 is 2.50 bits per heavy atom. The molecule has 94 valence electrons. The number of nitrogens with two attached hydrogens (primary N) is 1. The topological polar surface area (TPSA) is 76.2 Å². The van der Waals surface area contributed by atoms with Gasteiger partial charge in [0.1, 0.15) is 22.7 Å². The number of aliphatic carboxylic acids is 1. The summed E-state index contributed by atoms with van der Waals surface area (Å²) in [5.41, 5.74) is 5.80. The number of carboxylic acids is 1. The van der Waals surface area contributed by atoms with Crippen LogP contribution < -0.4 is 5.73 Å². The van der Waals surface area contributed by atoms with Gasteiger partial charge in [-0.2, -0.15) is 0 Å². The van der Waals surface area contributed by atoms with Crippen molar-refractivity contribution in [3.63, 3.8) is 0 Å². The van der Waals surface area contributed by atoms with Crippen molar-refractivity contribution in [2.75, 3.05) is 0 Å². The average Bonchev–Trinajstić information content (AvgIpc) is 2.75. The number of aromatic nitrogens is 1. The quantitative estimate of drug-likeness (QED) is 0.896. The minimum absolute atomic E-state index is 0.159. The summed E-state index contributed by atoms with van der Waals surface area (Å²) < 4.78 is 26.1. The van der Waals surface area contributed by atoms with Crippen LogP contribution in [0, 0.1) is 11.6 Å². The number of benzene rings is 1. The highest BCUT2D eigenvalue weighted by molar-refractivity contribution is 7.13. The van der Waals surface area contributed by atoms with Gasteiger partial charge in [-0.1, -0.05) is 0 Å². The fourth-order valence-electron chi connectivity index (χ4n) is 1.37. The minimum atomic E-state index is -1.24. The van der Waals surface area contributed by atoms with Crippen LogP contribution in [0.4, 0.5) is 8.78 Å². The van der Waals surface area contributed by atoms with Gasteiger partial charge in [-0.15, -0.1) is 11.3 Å². The number of carboxylic acid groups (broad SMARTS) is 1. The first-order valence-corrected chi connectivity index (χ1v) is 5.75. The molecule has 0 aliphatic rings. The van der Waals surface area contributed by atoms with Crippen molar-refractivity contribution in [1.82, 2.24) is 4.98 Å². The molecule has 2 rings (SSSR count). The Kier molecular flexibility index (Phi) is 3.35. The van der Waals surface area contributed by atoms with Crippen molar-refractivity contribution in [3.05, 3.63) is 40.9 Å². The van der Waals surface area contributed by atoms with Crippen LogP contribution in [0.2, 0.25) is 0 Å². The Morgan fingerprint density at radius 1 is 1.33 bits per heavy atom. The van der Waals surface area contributed by atoms with Crippen molar-refractivity contribution < 1.29 is 18.7 Å². The largest absolute Gasteiger partial charge is 0.480 e. The highest BCUT2D eigenvalue weighted by Crippen LogP contribution is 2.27. The Bertz CT molecular complexity index is 580. The summed E-state index contributed by atoms with van der Waals surface area (Å²) in [6, 6.07) is 1.75. The zero-order valence-corrected chi connectivity index (χ0v) is 9.75. The number of nitrogens with zero attached hydrogens (tertiary/aromatic N) is 1. The van der Waals surface area contributed by atoms with Crippen molar-refractivity contribution in [1.29, 1.82) is 0 Å². The van der Waals surface area contributed by atoms with Crippen LogP contribution >= 0.6 is 11.3 Å². The summed E-state index contributed by atoms with van der Waals surface area (Å²) in [6.45, 7) is 0. The lowest BCUT2D eigenvalue weighted by Crippen LogP contribution is -2.20. The first-order valence-electron chi connectivity index (χ1n) is 4.87. The number of carbonyl (C=O) groups is 1. The van der Waals surface area contributed by atoms with Gasteiger partial charge in [-0.25, -0.2) is 13.8 Å². The molecule has 1 aromatic carbocycles. The van der Waals surface area contributed by atoms with Crippen LogP contribution in [0.3, 0.4) is 0 Å². The fraction of sp³-hybridized carbons (Fsp3) is 0.0909. The lowest BCUT2D eigenvalue weighted by molar-refractivity contribution is -0.138. The summed E-state index contributed by atoms with van der Waals surface area (Å²) in [6.07, 6.45) is 0. The molecule has 18 heavy (non-hydrogen) atoms. The number of halogens is 2. The van der Waals surface area contributed by atoms with Crippen molar-refractivity contribution in [2.24, 2.45) is 5.73 Å². The molecule has 7 heteroatoms. The second-order valence-electron chi connectivity index (χ2n) is 3.55. The molecule has 1 unspecified atom stereocenters. The van der Waals surface area contributed by atoms with Gasteiger partial charge in [0.15, 0.2) is 0 Å². The Balaban J connectivity index is 2.37. The molecule has 1 heterocycles. The Labute approximate surface area is 105 Å². The molecule has 4 nitrogen and oxygen atoms in total. The molecule has 0 saturated heterocycles. The molecule has 0 fully saturated rings. The number of hydrogen-bond acceptors (Lipinski definition) is 4. The van der Waals surface area contributed by atoms with E-state index >= 15 is 0 Å². The SMILES string of the molecule is NC(C(=O)O)c1csc(-c2cc(F)cc(F)c2)n1. The minimum Gasteiger partial charge on any atom is -0.480 e. The van der Waals surface area contributed by atoms with E-state index in [1.165, 1.54) is 5.38 Å². The fourth-order valence-corrected chi connectivity index (χ4v) is 2.21. The molecule has 0 bridgehead atoms. The third kappa shape index (κ3) is 2.52. The monoisotopic (exact) mass is 270 g/mol. The molecule has 0 radical (unpaired) electrons. The molecule has 0 aliphatic carbocycles. The molecular weight excluding hydrogens is 262 g/mol. The molecular formula is C11H8F2N2O2S. The molecule has 0 saturated carbocycles. The maximum absolute atomic E-state index is 13.0. The lowest BCUT2D eigenvalue weighted by atomic mass is 10.2. The molecule has 2 aromatic rings. The van der Waals surface area contributed by atoms with E-state index in [0.717, 1.165) is 29.5 Å². The Morgan fingerprint density at radius 2 is 1.94 bits per heavy atom. The van der Waals surface area contributed by atoms with E-state index in [0.29, 0.717) is 5.01 Å². The molecule has 1 atom stereocenters. The molecule has 1 aromatic heterocycles. The summed E-state index contributed by atoms with van der Waals surface area (Å²) in [5, 5.41) is 10.5. The van der Waals surface area contributed by atoms with E-state index in [4.69, 9.17) is 10.8 Å². The maximum atomic E-state index is 13.0. The molecule has 0 amide bonds. The van der Waals surface area contributed by atoms with Gasteiger partial charge < -0.3 is 10.8 Å². The summed E-state index contributed by atoms with van der Waals surface area (Å²) in [5.74, 6) is -2.65. The van der Waals surface area contributed by atoms with Crippen LogP contribution in [-0.2, 0) is 4.79 Å². The smallest absolute Gasteiger partial charge is 0.326 e.